The summed E-state index contributed by atoms with van der Waals surface area (Å²) < 4.78 is 0. The van der Waals surface area contributed by atoms with E-state index in [1.54, 1.807) is 0 Å². The zero-order valence-corrected chi connectivity index (χ0v) is 12.5. The second-order valence-corrected chi connectivity index (χ2v) is 6.09. The Morgan fingerprint density at radius 2 is 1.82 bits per heavy atom. The molecule has 0 saturated carbocycles. The highest BCUT2D eigenvalue weighted by Gasteiger charge is 2.28. The van der Waals surface area contributed by atoms with Gasteiger partial charge in [-0.25, -0.2) is 0 Å². The van der Waals surface area contributed by atoms with Crippen molar-refractivity contribution in [3.8, 4) is 0 Å². The van der Waals surface area contributed by atoms with Crippen LogP contribution in [0.5, 0.6) is 0 Å². The molecule has 0 aliphatic carbocycles. The Labute approximate surface area is 108 Å². The van der Waals surface area contributed by atoms with Crippen LogP contribution in [0, 0.1) is 5.92 Å². The van der Waals surface area contributed by atoms with Gasteiger partial charge in [0.25, 0.3) is 0 Å². The first-order valence-electron chi connectivity index (χ1n) is 7.57. The van der Waals surface area contributed by atoms with Crippen molar-refractivity contribution in [2.75, 3.05) is 13.1 Å². The summed E-state index contributed by atoms with van der Waals surface area (Å²) in [5, 5.41) is 3.68. The van der Waals surface area contributed by atoms with Gasteiger partial charge in [-0.2, -0.15) is 0 Å². The van der Waals surface area contributed by atoms with Crippen molar-refractivity contribution in [3.05, 3.63) is 0 Å². The first-order valence-corrected chi connectivity index (χ1v) is 7.57. The van der Waals surface area contributed by atoms with Crippen molar-refractivity contribution in [2.24, 2.45) is 5.92 Å². The van der Waals surface area contributed by atoms with E-state index in [0.29, 0.717) is 6.04 Å². The molecule has 0 amide bonds. The third-order valence-corrected chi connectivity index (χ3v) is 4.23. The van der Waals surface area contributed by atoms with E-state index in [-0.39, 0.29) is 0 Å². The first kappa shape index (κ1) is 15.0. The fourth-order valence-corrected chi connectivity index (χ4v) is 2.82. The molecule has 0 radical (unpaired) electrons. The second kappa shape index (κ2) is 7.38. The minimum absolute atomic E-state index is 0.708. The van der Waals surface area contributed by atoms with Crippen LogP contribution in [0.4, 0.5) is 0 Å². The molecular formula is C15H32N2. The van der Waals surface area contributed by atoms with Crippen LogP contribution in [0.3, 0.4) is 0 Å². The molecule has 3 unspecified atom stereocenters. The fraction of sp³-hybridized carbons (Fsp3) is 1.00. The number of nitrogens with zero attached hydrogens (tertiary/aromatic N) is 1. The molecule has 1 aliphatic rings. The molecule has 0 aromatic rings. The molecule has 0 aromatic heterocycles. The van der Waals surface area contributed by atoms with Crippen molar-refractivity contribution in [1.82, 2.24) is 10.2 Å². The van der Waals surface area contributed by atoms with E-state index in [2.05, 4.69) is 44.8 Å². The molecule has 1 fully saturated rings. The standard InChI is InChI=1S/C15H32N2/c1-6-14-11-17(15(7-2)10-16-14)13(5)9-8-12(3)4/h12-16H,6-11H2,1-5H3. The minimum atomic E-state index is 0.708. The lowest BCUT2D eigenvalue weighted by molar-refractivity contribution is 0.0786. The van der Waals surface area contributed by atoms with E-state index >= 15 is 0 Å². The quantitative estimate of drug-likeness (QED) is 0.766. The summed E-state index contributed by atoms with van der Waals surface area (Å²) in [6.45, 7) is 14.1. The topological polar surface area (TPSA) is 15.3 Å². The molecule has 1 rings (SSSR count). The maximum Gasteiger partial charge on any atom is 0.0221 e. The normalized spacial score (nSPS) is 28.6. The Balaban J connectivity index is 2.49. The average Bonchev–Trinajstić information content (AvgIpc) is 2.34. The van der Waals surface area contributed by atoms with Gasteiger partial charge in [-0.1, -0.05) is 27.7 Å². The molecule has 1 aliphatic heterocycles. The van der Waals surface area contributed by atoms with Crippen LogP contribution in [0.2, 0.25) is 0 Å². The van der Waals surface area contributed by atoms with E-state index in [4.69, 9.17) is 0 Å². The maximum atomic E-state index is 3.68. The summed E-state index contributed by atoms with van der Waals surface area (Å²) >= 11 is 0. The highest BCUT2D eigenvalue weighted by atomic mass is 15.2. The van der Waals surface area contributed by atoms with Gasteiger partial charge in [-0.15, -0.1) is 0 Å². The zero-order chi connectivity index (χ0) is 12.8. The monoisotopic (exact) mass is 240 g/mol. The number of hydrogen-bond acceptors (Lipinski definition) is 2. The van der Waals surface area contributed by atoms with E-state index in [1.807, 2.05) is 0 Å². The predicted molar refractivity (Wildman–Crippen MR) is 76.4 cm³/mol. The van der Waals surface area contributed by atoms with Gasteiger partial charge >= 0.3 is 0 Å². The van der Waals surface area contributed by atoms with Gasteiger partial charge in [0.1, 0.15) is 0 Å². The van der Waals surface area contributed by atoms with E-state index in [1.165, 1.54) is 38.8 Å². The molecule has 2 nitrogen and oxygen atoms in total. The van der Waals surface area contributed by atoms with E-state index in [9.17, 15) is 0 Å². The molecule has 0 aromatic carbocycles. The lowest BCUT2D eigenvalue weighted by Gasteiger charge is -2.43. The molecule has 0 spiro atoms. The Bertz CT molecular complexity index is 203. The number of hydrogen-bond donors (Lipinski definition) is 1. The van der Waals surface area contributed by atoms with Gasteiger partial charge < -0.3 is 5.32 Å². The van der Waals surface area contributed by atoms with Crippen molar-refractivity contribution in [1.29, 1.82) is 0 Å². The van der Waals surface area contributed by atoms with Crippen LogP contribution < -0.4 is 5.32 Å². The Kier molecular flexibility index (Phi) is 6.50. The fourth-order valence-electron chi connectivity index (χ4n) is 2.82. The largest absolute Gasteiger partial charge is 0.311 e. The summed E-state index contributed by atoms with van der Waals surface area (Å²) in [6, 6.07) is 2.21. The Hall–Kier alpha value is -0.0800. The lowest BCUT2D eigenvalue weighted by Crippen LogP contribution is -2.58. The average molecular weight is 240 g/mol. The van der Waals surface area contributed by atoms with Crippen molar-refractivity contribution in [2.45, 2.75) is 78.4 Å². The summed E-state index contributed by atoms with van der Waals surface area (Å²) in [7, 11) is 0. The van der Waals surface area contributed by atoms with Crippen LogP contribution >= 0.6 is 0 Å². The summed E-state index contributed by atoms with van der Waals surface area (Å²) in [4.78, 5) is 2.76. The van der Waals surface area contributed by atoms with E-state index in [0.717, 1.165) is 18.0 Å². The molecule has 1 saturated heterocycles. The highest BCUT2D eigenvalue weighted by molar-refractivity contribution is 4.87. The zero-order valence-electron chi connectivity index (χ0n) is 12.5. The first-order chi connectivity index (χ1) is 8.08. The van der Waals surface area contributed by atoms with Crippen LogP contribution in [0.15, 0.2) is 0 Å². The molecule has 102 valence electrons. The van der Waals surface area contributed by atoms with Crippen molar-refractivity contribution >= 4 is 0 Å². The maximum absolute atomic E-state index is 3.68. The Morgan fingerprint density at radius 3 is 2.35 bits per heavy atom. The molecule has 0 bridgehead atoms. The second-order valence-electron chi connectivity index (χ2n) is 6.09. The van der Waals surface area contributed by atoms with Gasteiger partial charge in [-0.05, 0) is 38.5 Å². The van der Waals surface area contributed by atoms with Gasteiger partial charge in [0.05, 0.1) is 0 Å². The predicted octanol–water partition coefficient (Wildman–Crippen LogP) is 3.27. The van der Waals surface area contributed by atoms with Crippen molar-refractivity contribution in [3.63, 3.8) is 0 Å². The van der Waals surface area contributed by atoms with Gasteiger partial charge in [-0.3, -0.25) is 4.90 Å². The molecule has 3 atom stereocenters. The van der Waals surface area contributed by atoms with Gasteiger partial charge in [0.2, 0.25) is 0 Å². The highest BCUT2D eigenvalue weighted by Crippen LogP contribution is 2.19. The third kappa shape index (κ3) is 4.59. The van der Waals surface area contributed by atoms with E-state index < -0.39 is 0 Å². The number of rotatable bonds is 6. The SMILES string of the molecule is CCC1CN(C(C)CCC(C)C)C(CC)CN1. The third-order valence-electron chi connectivity index (χ3n) is 4.23. The molecule has 17 heavy (non-hydrogen) atoms. The van der Waals surface area contributed by atoms with Gasteiger partial charge in [0, 0.05) is 31.2 Å². The smallest absolute Gasteiger partial charge is 0.0221 e. The molecule has 1 heterocycles. The van der Waals surface area contributed by atoms with Crippen LogP contribution in [0.1, 0.15) is 60.3 Å². The summed E-state index contributed by atoms with van der Waals surface area (Å²) in [6.07, 6.45) is 5.24. The summed E-state index contributed by atoms with van der Waals surface area (Å²) in [5.74, 6) is 0.836. The lowest BCUT2D eigenvalue weighted by atomic mass is 9.98. The van der Waals surface area contributed by atoms with Crippen LogP contribution in [0.25, 0.3) is 0 Å². The molecule has 1 N–H and O–H groups in total. The van der Waals surface area contributed by atoms with Crippen molar-refractivity contribution < 1.29 is 0 Å². The Morgan fingerprint density at radius 1 is 1.12 bits per heavy atom. The minimum Gasteiger partial charge on any atom is -0.311 e. The molecular weight excluding hydrogens is 208 g/mol. The number of nitrogens with one attached hydrogen (secondary N) is 1. The summed E-state index contributed by atoms with van der Waals surface area (Å²) in [5.41, 5.74) is 0. The van der Waals surface area contributed by atoms with Gasteiger partial charge in [0.15, 0.2) is 0 Å². The molecule has 2 heteroatoms. The number of piperazine rings is 1. The van der Waals surface area contributed by atoms with Crippen LogP contribution in [-0.4, -0.2) is 36.1 Å². The van der Waals surface area contributed by atoms with Crippen LogP contribution in [-0.2, 0) is 0 Å².